The molecular formula is C14H20N2OS. The first-order chi connectivity index (χ1) is 8.81. The Kier molecular flexibility index (Phi) is 5.21. The Morgan fingerprint density at radius 3 is 3.22 bits per heavy atom. The molecule has 2 N–H and O–H groups in total. The summed E-state index contributed by atoms with van der Waals surface area (Å²) in [6.07, 6.45) is 1.49. The van der Waals surface area contributed by atoms with E-state index in [9.17, 15) is 0 Å². The highest BCUT2D eigenvalue weighted by molar-refractivity contribution is 7.12. The van der Waals surface area contributed by atoms with Gasteiger partial charge >= 0.3 is 0 Å². The molecule has 1 aliphatic heterocycles. The van der Waals surface area contributed by atoms with Gasteiger partial charge < -0.3 is 10.5 Å². The normalized spacial score (nSPS) is 20.4. The van der Waals surface area contributed by atoms with Gasteiger partial charge in [0, 0.05) is 24.5 Å². The maximum absolute atomic E-state index is 5.68. The molecule has 2 heterocycles. The SMILES string of the molecule is CCC1CN(Cc2ccc(C#CCN)s2)CCO1. The van der Waals surface area contributed by atoms with E-state index in [1.165, 1.54) is 4.88 Å². The Bertz CT molecular complexity index is 432. The highest BCUT2D eigenvalue weighted by Gasteiger charge is 2.19. The average Bonchev–Trinajstić information content (AvgIpc) is 2.84. The highest BCUT2D eigenvalue weighted by Crippen LogP contribution is 2.19. The summed E-state index contributed by atoms with van der Waals surface area (Å²) < 4.78 is 5.68. The number of thiophene rings is 1. The molecule has 3 nitrogen and oxygen atoms in total. The van der Waals surface area contributed by atoms with Crippen LogP contribution in [0.15, 0.2) is 12.1 Å². The van der Waals surface area contributed by atoms with Gasteiger partial charge in [0.25, 0.3) is 0 Å². The third-order valence-electron chi connectivity index (χ3n) is 3.03. The fourth-order valence-corrected chi connectivity index (χ4v) is 2.98. The van der Waals surface area contributed by atoms with Gasteiger partial charge in [-0.25, -0.2) is 0 Å². The van der Waals surface area contributed by atoms with Gasteiger partial charge in [0.05, 0.1) is 24.1 Å². The molecule has 18 heavy (non-hydrogen) atoms. The van der Waals surface area contributed by atoms with E-state index < -0.39 is 0 Å². The molecule has 1 unspecified atom stereocenters. The molecule has 1 aliphatic rings. The summed E-state index contributed by atoms with van der Waals surface area (Å²) in [5.74, 6) is 5.97. The first kappa shape index (κ1) is 13.6. The van der Waals surface area contributed by atoms with Crippen LogP contribution >= 0.6 is 11.3 Å². The molecule has 4 heteroatoms. The van der Waals surface area contributed by atoms with Crippen molar-refractivity contribution in [2.75, 3.05) is 26.2 Å². The van der Waals surface area contributed by atoms with Gasteiger partial charge in [-0.3, -0.25) is 4.90 Å². The lowest BCUT2D eigenvalue weighted by atomic mass is 10.2. The minimum absolute atomic E-state index is 0.398. The predicted molar refractivity (Wildman–Crippen MR) is 75.6 cm³/mol. The molecule has 1 atom stereocenters. The second kappa shape index (κ2) is 6.91. The summed E-state index contributed by atoms with van der Waals surface area (Å²) in [6.45, 7) is 6.53. The molecule has 0 spiro atoms. The molecule has 0 amide bonds. The first-order valence-electron chi connectivity index (χ1n) is 6.43. The first-order valence-corrected chi connectivity index (χ1v) is 7.25. The molecular weight excluding hydrogens is 244 g/mol. The van der Waals surface area contributed by atoms with Gasteiger partial charge in [-0.2, -0.15) is 0 Å². The molecule has 0 bridgehead atoms. The summed E-state index contributed by atoms with van der Waals surface area (Å²) in [5, 5.41) is 0. The number of morpholine rings is 1. The highest BCUT2D eigenvalue weighted by atomic mass is 32.1. The summed E-state index contributed by atoms with van der Waals surface area (Å²) in [7, 11) is 0. The third-order valence-corrected chi connectivity index (χ3v) is 4.02. The Labute approximate surface area is 113 Å². The van der Waals surface area contributed by atoms with E-state index in [2.05, 4.69) is 35.8 Å². The van der Waals surface area contributed by atoms with Crippen LogP contribution in [0.1, 0.15) is 23.1 Å². The van der Waals surface area contributed by atoms with E-state index in [0.717, 1.165) is 37.5 Å². The summed E-state index contributed by atoms with van der Waals surface area (Å²) in [6, 6.07) is 4.25. The number of nitrogens with zero attached hydrogens (tertiary/aromatic N) is 1. The molecule has 1 saturated heterocycles. The fourth-order valence-electron chi connectivity index (χ4n) is 2.06. The van der Waals surface area contributed by atoms with Crippen LogP contribution in [0.4, 0.5) is 0 Å². The van der Waals surface area contributed by atoms with E-state index in [1.54, 1.807) is 11.3 Å². The van der Waals surface area contributed by atoms with Crippen molar-refractivity contribution in [3.05, 3.63) is 21.9 Å². The lowest BCUT2D eigenvalue weighted by molar-refractivity contribution is -0.0321. The number of rotatable bonds is 3. The summed E-state index contributed by atoms with van der Waals surface area (Å²) >= 11 is 1.76. The van der Waals surface area contributed by atoms with Crippen molar-refractivity contribution >= 4 is 11.3 Å². The smallest absolute Gasteiger partial charge is 0.0772 e. The van der Waals surface area contributed by atoms with Crippen molar-refractivity contribution in [3.8, 4) is 11.8 Å². The summed E-state index contributed by atoms with van der Waals surface area (Å²) in [4.78, 5) is 4.94. The van der Waals surface area contributed by atoms with Crippen molar-refractivity contribution in [2.24, 2.45) is 5.73 Å². The molecule has 1 aromatic heterocycles. The maximum Gasteiger partial charge on any atom is 0.0772 e. The standard InChI is InChI=1S/C14H20N2OS/c1-2-12-10-16(8-9-17-12)11-14-6-5-13(18-14)4-3-7-15/h5-6,12H,2,7-11,15H2,1H3. The Morgan fingerprint density at radius 2 is 2.44 bits per heavy atom. The third kappa shape index (κ3) is 3.82. The van der Waals surface area contributed by atoms with Gasteiger partial charge in [0.2, 0.25) is 0 Å². The van der Waals surface area contributed by atoms with Gasteiger partial charge in [0.1, 0.15) is 0 Å². The van der Waals surface area contributed by atoms with Crippen molar-refractivity contribution in [2.45, 2.75) is 26.0 Å². The van der Waals surface area contributed by atoms with E-state index >= 15 is 0 Å². The molecule has 0 aliphatic carbocycles. The Hall–Kier alpha value is -0.860. The van der Waals surface area contributed by atoms with Crippen LogP contribution in [0.25, 0.3) is 0 Å². The maximum atomic E-state index is 5.68. The number of ether oxygens (including phenoxy) is 1. The van der Waals surface area contributed by atoms with Crippen molar-refractivity contribution in [1.29, 1.82) is 0 Å². The lowest BCUT2D eigenvalue weighted by Gasteiger charge is -2.32. The monoisotopic (exact) mass is 264 g/mol. The van der Waals surface area contributed by atoms with Crippen LogP contribution in [0, 0.1) is 11.8 Å². The quantitative estimate of drug-likeness (QED) is 0.844. The molecule has 1 aromatic rings. The average molecular weight is 264 g/mol. The van der Waals surface area contributed by atoms with Crippen molar-refractivity contribution in [3.63, 3.8) is 0 Å². The predicted octanol–water partition coefficient (Wildman–Crippen LogP) is 1.67. The topological polar surface area (TPSA) is 38.5 Å². The van der Waals surface area contributed by atoms with E-state index in [-0.39, 0.29) is 0 Å². The largest absolute Gasteiger partial charge is 0.376 e. The second-order valence-corrected chi connectivity index (χ2v) is 5.58. The number of nitrogens with two attached hydrogens (primary N) is 1. The Balaban J connectivity index is 1.90. The second-order valence-electron chi connectivity index (χ2n) is 4.41. The zero-order valence-electron chi connectivity index (χ0n) is 10.8. The van der Waals surface area contributed by atoms with Crippen molar-refractivity contribution < 1.29 is 4.74 Å². The van der Waals surface area contributed by atoms with Crippen LogP contribution in [-0.4, -0.2) is 37.2 Å². The van der Waals surface area contributed by atoms with Crippen LogP contribution in [-0.2, 0) is 11.3 Å². The lowest BCUT2D eigenvalue weighted by Crippen LogP contribution is -2.41. The van der Waals surface area contributed by atoms with Gasteiger partial charge in [-0.05, 0) is 18.6 Å². The molecule has 98 valence electrons. The fraction of sp³-hybridized carbons (Fsp3) is 0.571. The molecule has 0 radical (unpaired) electrons. The van der Waals surface area contributed by atoms with E-state index in [1.807, 2.05) is 0 Å². The van der Waals surface area contributed by atoms with E-state index in [0.29, 0.717) is 12.6 Å². The van der Waals surface area contributed by atoms with Crippen molar-refractivity contribution in [1.82, 2.24) is 4.90 Å². The van der Waals surface area contributed by atoms with Crippen LogP contribution < -0.4 is 5.73 Å². The molecule has 1 fully saturated rings. The van der Waals surface area contributed by atoms with Crippen LogP contribution in [0.2, 0.25) is 0 Å². The zero-order chi connectivity index (χ0) is 12.8. The van der Waals surface area contributed by atoms with Crippen LogP contribution in [0.3, 0.4) is 0 Å². The van der Waals surface area contributed by atoms with Gasteiger partial charge in [-0.1, -0.05) is 18.8 Å². The van der Waals surface area contributed by atoms with Gasteiger partial charge in [-0.15, -0.1) is 11.3 Å². The number of hydrogen-bond acceptors (Lipinski definition) is 4. The molecule has 0 aromatic carbocycles. The Morgan fingerprint density at radius 1 is 1.56 bits per heavy atom. The molecule has 2 rings (SSSR count). The minimum atomic E-state index is 0.398. The van der Waals surface area contributed by atoms with Crippen LogP contribution in [0.5, 0.6) is 0 Å². The zero-order valence-corrected chi connectivity index (χ0v) is 11.6. The minimum Gasteiger partial charge on any atom is -0.376 e. The number of hydrogen-bond donors (Lipinski definition) is 1. The van der Waals surface area contributed by atoms with Gasteiger partial charge in [0.15, 0.2) is 0 Å². The summed E-state index contributed by atoms with van der Waals surface area (Å²) in [5.41, 5.74) is 5.37. The van der Waals surface area contributed by atoms with E-state index in [4.69, 9.17) is 10.5 Å². The molecule has 0 saturated carbocycles.